The molecular weight excluding hydrogens is 284 g/mol. The Kier molecular flexibility index (Phi) is 5.39. The number of hydrogen-bond donors (Lipinski definition) is 1. The Morgan fingerprint density at radius 3 is 2.52 bits per heavy atom. The van der Waals surface area contributed by atoms with Crippen molar-refractivity contribution in [1.82, 2.24) is 14.7 Å². The molecule has 4 nitrogen and oxygen atoms in total. The van der Waals surface area contributed by atoms with Gasteiger partial charge in [0.25, 0.3) is 0 Å². The molecule has 0 aliphatic heterocycles. The van der Waals surface area contributed by atoms with E-state index in [2.05, 4.69) is 36.1 Å². The Balaban J connectivity index is 2.20. The maximum absolute atomic E-state index is 6.35. The second kappa shape index (κ2) is 7.07. The first-order chi connectivity index (χ1) is 10.0. The van der Waals surface area contributed by atoms with Gasteiger partial charge in [0, 0.05) is 42.5 Å². The first-order valence-corrected chi connectivity index (χ1v) is 7.58. The van der Waals surface area contributed by atoms with Crippen LogP contribution in [0.4, 0.5) is 0 Å². The first-order valence-electron chi connectivity index (χ1n) is 7.20. The lowest BCUT2D eigenvalue weighted by molar-refractivity contribution is 0.201. The highest BCUT2D eigenvalue weighted by Gasteiger charge is 2.23. The van der Waals surface area contributed by atoms with E-state index in [0.717, 1.165) is 18.0 Å². The topological polar surface area (TPSA) is 47.1 Å². The Bertz CT molecular complexity index is 564. The number of aromatic nitrogens is 2. The normalized spacial score (nSPS) is 14.4. The molecule has 0 saturated carbocycles. The third-order valence-electron chi connectivity index (χ3n) is 3.75. The molecule has 2 aromatic rings. The highest BCUT2D eigenvalue weighted by atomic mass is 35.5. The number of nitrogens with two attached hydrogens (primary N) is 1. The van der Waals surface area contributed by atoms with Crippen molar-refractivity contribution in [2.75, 3.05) is 7.05 Å². The van der Waals surface area contributed by atoms with E-state index < -0.39 is 0 Å². The van der Waals surface area contributed by atoms with E-state index in [9.17, 15) is 0 Å². The molecule has 5 heteroatoms. The Hall–Kier alpha value is -1.36. The molecule has 1 heterocycles. The Labute approximate surface area is 131 Å². The largest absolute Gasteiger partial charge is 0.326 e. The van der Waals surface area contributed by atoms with E-state index in [1.807, 2.05) is 36.3 Å². The molecule has 1 aromatic carbocycles. The number of hydrogen-bond acceptors (Lipinski definition) is 3. The van der Waals surface area contributed by atoms with E-state index in [1.54, 1.807) is 0 Å². The standard InChI is InChI=1S/C16H23ClN4/c1-4-15(18)16(13-5-7-14(17)8-6-13)20(2)10-12-9-19-21(3)11-12/h5-9,11,15-16H,4,10,18H2,1-3H3. The average molecular weight is 307 g/mol. The smallest absolute Gasteiger partial charge is 0.0534 e. The molecule has 0 fully saturated rings. The van der Waals surface area contributed by atoms with Crippen molar-refractivity contribution in [1.29, 1.82) is 0 Å². The van der Waals surface area contributed by atoms with E-state index in [4.69, 9.17) is 17.3 Å². The minimum atomic E-state index is 0.0767. The zero-order valence-corrected chi connectivity index (χ0v) is 13.6. The number of halogens is 1. The molecule has 2 atom stereocenters. The summed E-state index contributed by atoms with van der Waals surface area (Å²) in [6, 6.07) is 8.19. The molecule has 2 rings (SSSR count). The zero-order valence-electron chi connectivity index (χ0n) is 12.8. The van der Waals surface area contributed by atoms with Crippen LogP contribution < -0.4 is 5.73 Å². The molecular formula is C16H23ClN4. The molecule has 0 bridgehead atoms. The van der Waals surface area contributed by atoms with Gasteiger partial charge in [-0.3, -0.25) is 9.58 Å². The van der Waals surface area contributed by atoms with Gasteiger partial charge in [0.2, 0.25) is 0 Å². The molecule has 0 spiro atoms. The van der Waals surface area contributed by atoms with Gasteiger partial charge in [-0.05, 0) is 31.2 Å². The molecule has 1 aromatic heterocycles. The van der Waals surface area contributed by atoms with Gasteiger partial charge >= 0.3 is 0 Å². The van der Waals surface area contributed by atoms with Crippen LogP contribution in [0.2, 0.25) is 5.02 Å². The molecule has 114 valence electrons. The van der Waals surface area contributed by atoms with Gasteiger partial charge in [-0.25, -0.2) is 0 Å². The number of nitrogens with zero attached hydrogens (tertiary/aromatic N) is 3. The Morgan fingerprint density at radius 2 is 2.00 bits per heavy atom. The van der Waals surface area contributed by atoms with Crippen molar-refractivity contribution in [3.8, 4) is 0 Å². The van der Waals surface area contributed by atoms with Crippen LogP contribution in [0.15, 0.2) is 36.7 Å². The lowest BCUT2D eigenvalue weighted by Gasteiger charge is -2.32. The summed E-state index contributed by atoms with van der Waals surface area (Å²) in [5, 5.41) is 4.97. The van der Waals surface area contributed by atoms with Crippen molar-refractivity contribution in [2.24, 2.45) is 12.8 Å². The van der Waals surface area contributed by atoms with Crippen LogP contribution in [0, 0.1) is 0 Å². The minimum Gasteiger partial charge on any atom is -0.326 e. The summed E-state index contributed by atoms with van der Waals surface area (Å²) in [4.78, 5) is 2.27. The number of aryl methyl sites for hydroxylation is 1. The van der Waals surface area contributed by atoms with E-state index in [-0.39, 0.29) is 12.1 Å². The summed E-state index contributed by atoms with van der Waals surface area (Å²) in [6.07, 6.45) is 4.85. The fourth-order valence-corrected chi connectivity index (χ4v) is 2.78. The summed E-state index contributed by atoms with van der Waals surface area (Å²) in [5.74, 6) is 0. The van der Waals surface area contributed by atoms with Gasteiger partial charge < -0.3 is 5.73 Å². The van der Waals surface area contributed by atoms with Crippen LogP contribution >= 0.6 is 11.6 Å². The summed E-state index contributed by atoms with van der Waals surface area (Å²) in [5.41, 5.74) is 8.73. The van der Waals surface area contributed by atoms with Crippen LogP contribution in [0.5, 0.6) is 0 Å². The summed E-state index contributed by atoms with van der Waals surface area (Å²) >= 11 is 5.99. The van der Waals surface area contributed by atoms with Gasteiger partial charge in [0.05, 0.1) is 6.20 Å². The molecule has 0 saturated heterocycles. The molecule has 0 aliphatic rings. The Morgan fingerprint density at radius 1 is 1.33 bits per heavy atom. The second-order valence-corrected chi connectivity index (χ2v) is 5.94. The van der Waals surface area contributed by atoms with Gasteiger partial charge in [0.15, 0.2) is 0 Å². The van der Waals surface area contributed by atoms with Crippen molar-refractivity contribution in [3.63, 3.8) is 0 Å². The third-order valence-corrected chi connectivity index (χ3v) is 4.01. The van der Waals surface area contributed by atoms with Crippen molar-refractivity contribution in [2.45, 2.75) is 32.0 Å². The molecule has 0 radical (unpaired) electrons. The maximum atomic E-state index is 6.35. The van der Waals surface area contributed by atoms with E-state index >= 15 is 0 Å². The summed E-state index contributed by atoms with van der Waals surface area (Å²) in [6.45, 7) is 2.93. The van der Waals surface area contributed by atoms with Crippen LogP contribution in [0.3, 0.4) is 0 Å². The predicted octanol–water partition coefficient (Wildman–Crippen LogP) is 2.98. The van der Waals surface area contributed by atoms with Gasteiger partial charge in [0.1, 0.15) is 0 Å². The van der Waals surface area contributed by atoms with Crippen LogP contribution in [-0.2, 0) is 13.6 Å². The molecule has 0 amide bonds. The number of benzene rings is 1. The predicted molar refractivity (Wildman–Crippen MR) is 87.1 cm³/mol. The van der Waals surface area contributed by atoms with Crippen molar-refractivity contribution >= 4 is 11.6 Å². The average Bonchev–Trinajstić information content (AvgIpc) is 2.86. The lowest BCUT2D eigenvalue weighted by Crippen LogP contribution is -2.38. The fraction of sp³-hybridized carbons (Fsp3) is 0.438. The zero-order chi connectivity index (χ0) is 15.4. The lowest BCUT2D eigenvalue weighted by atomic mass is 9.96. The molecule has 2 unspecified atom stereocenters. The quantitative estimate of drug-likeness (QED) is 0.892. The highest BCUT2D eigenvalue weighted by Crippen LogP contribution is 2.26. The second-order valence-electron chi connectivity index (χ2n) is 5.51. The summed E-state index contributed by atoms with van der Waals surface area (Å²) in [7, 11) is 4.03. The number of likely N-dealkylation sites (N-methyl/N-ethyl adjacent to an activating group) is 1. The highest BCUT2D eigenvalue weighted by molar-refractivity contribution is 6.30. The van der Waals surface area contributed by atoms with E-state index in [0.29, 0.717) is 0 Å². The minimum absolute atomic E-state index is 0.0767. The molecule has 2 N–H and O–H groups in total. The van der Waals surface area contributed by atoms with Crippen LogP contribution in [-0.4, -0.2) is 27.8 Å². The maximum Gasteiger partial charge on any atom is 0.0534 e. The van der Waals surface area contributed by atoms with E-state index in [1.165, 1.54) is 11.1 Å². The van der Waals surface area contributed by atoms with Crippen LogP contribution in [0.25, 0.3) is 0 Å². The third kappa shape index (κ3) is 4.06. The van der Waals surface area contributed by atoms with Crippen molar-refractivity contribution < 1.29 is 0 Å². The molecule has 0 aliphatic carbocycles. The van der Waals surface area contributed by atoms with Gasteiger partial charge in [-0.15, -0.1) is 0 Å². The molecule has 21 heavy (non-hydrogen) atoms. The first kappa shape index (κ1) is 16.0. The van der Waals surface area contributed by atoms with Crippen molar-refractivity contribution in [3.05, 3.63) is 52.8 Å². The van der Waals surface area contributed by atoms with Gasteiger partial charge in [-0.2, -0.15) is 5.10 Å². The monoisotopic (exact) mass is 306 g/mol. The summed E-state index contributed by atoms with van der Waals surface area (Å²) < 4.78 is 1.82. The number of rotatable bonds is 6. The van der Waals surface area contributed by atoms with Crippen LogP contribution in [0.1, 0.15) is 30.5 Å². The van der Waals surface area contributed by atoms with Gasteiger partial charge in [-0.1, -0.05) is 30.7 Å². The SMILES string of the molecule is CCC(N)C(c1ccc(Cl)cc1)N(C)Cc1cnn(C)c1. The fourth-order valence-electron chi connectivity index (χ4n) is 2.65.